The molecule has 2 aromatic rings. The lowest BCUT2D eigenvalue weighted by Gasteiger charge is -2.09. The summed E-state index contributed by atoms with van der Waals surface area (Å²) in [7, 11) is -1.31. The summed E-state index contributed by atoms with van der Waals surface area (Å²) in [5, 5.41) is 1.79. The van der Waals surface area contributed by atoms with Crippen molar-refractivity contribution in [1.29, 1.82) is 0 Å². The second kappa shape index (κ2) is 5.78. The number of hydrogen-bond acceptors (Lipinski definition) is 3. The third-order valence-electron chi connectivity index (χ3n) is 2.49. The van der Waals surface area contributed by atoms with Crippen molar-refractivity contribution < 1.29 is 9.00 Å². The monoisotopic (exact) mass is 298 g/mol. The number of benzene rings is 1. The van der Waals surface area contributed by atoms with E-state index >= 15 is 0 Å². The van der Waals surface area contributed by atoms with Gasteiger partial charge in [0, 0.05) is 10.6 Å². The van der Waals surface area contributed by atoms with E-state index in [4.69, 9.17) is 11.6 Å². The highest BCUT2D eigenvalue weighted by molar-refractivity contribution is 7.88. The van der Waals surface area contributed by atoms with Crippen LogP contribution in [0.15, 0.2) is 46.0 Å². The molecule has 1 aromatic heterocycles. The van der Waals surface area contributed by atoms with Crippen LogP contribution >= 0.6 is 22.9 Å². The van der Waals surface area contributed by atoms with Crippen LogP contribution in [0.25, 0.3) is 0 Å². The highest BCUT2D eigenvalue weighted by Gasteiger charge is 2.23. The molecule has 1 heterocycles. The molecule has 0 N–H and O–H groups in total. The lowest BCUT2D eigenvalue weighted by atomic mass is 10.1. The second-order valence-corrected chi connectivity index (χ2v) is 7.13. The van der Waals surface area contributed by atoms with Crippen molar-refractivity contribution in [2.24, 2.45) is 0 Å². The van der Waals surface area contributed by atoms with Gasteiger partial charge in [0.1, 0.15) is 5.25 Å². The van der Waals surface area contributed by atoms with E-state index < -0.39 is 16.0 Å². The first-order valence-corrected chi connectivity index (χ1v) is 7.80. The molecule has 0 spiro atoms. The highest BCUT2D eigenvalue weighted by atomic mass is 35.5. The number of halogens is 1. The molecule has 2 rings (SSSR count). The van der Waals surface area contributed by atoms with Gasteiger partial charge in [0.25, 0.3) is 0 Å². The van der Waals surface area contributed by atoms with Gasteiger partial charge in [0.2, 0.25) is 0 Å². The van der Waals surface area contributed by atoms with Gasteiger partial charge < -0.3 is 0 Å². The van der Waals surface area contributed by atoms with E-state index in [1.54, 1.807) is 37.3 Å². The first-order valence-electron chi connectivity index (χ1n) is 5.33. The number of carbonyl (C=O) groups excluding carboxylic acids is 1. The smallest absolute Gasteiger partial charge is 0.178 e. The SMILES string of the molecule is CC(C(=O)c1cccc(Cl)c1)S(=O)c1cccs1. The number of ketones is 1. The third-order valence-corrected chi connectivity index (χ3v) is 5.56. The molecule has 18 heavy (non-hydrogen) atoms. The lowest BCUT2D eigenvalue weighted by molar-refractivity contribution is 0.0992. The van der Waals surface area contributed by atoms with Gasteiger partial charge in [-0.1, -0.05) is 29.8 Å². The molecule has 5 heteroatoms. The summed E-state index contributed by atoms with van der Waals surface area (Å²) in [5.74, 6) is -0.149. The minimum atomic E-state index is -1.31. The van der Waals surface area contributed by atoms with Gasteiger partial charge in [0.15, 0.2) is 5.78 Å². The molecule has 0 saturated carbocycles. The maximum atomic E-state index is 12.2. The van der Waals surface area contributed by atoms with Crippen LogP contribution in [0, 0.1) is 0 Å². The van der Waals surface area contributed by atoms with E-state index in [1.165, 1.54) is 11.3 Å². The average molecular weight is 299 g/mol. The zero-order valence-corrected chi connectivity index (χ0v) is 12.0. The van der Waals surface area contributed by atoms with Gasteiger partial charge in [-0.2, -0.15) is 0 Å². The molecule has 2 nitrogen and oxygen atoms in total. The summed E-state index contributed by atoms with van der Waals surface area (Å²) in [4.78, 5) is 12.2. The molecule has 0 radical (unpaired) electrons. The summed E-state index contributed by atoms with van der Waals surface area (Å²) in [5.41, 5.74) is 0.500. The molecule has 2 atom stereocenters. The molecule has 0 aliphatic carbocycles. The molecule has 0 bridgehead atoms. The maximum Gasteiger partial charge on any atom is 0.178 e. The minimum Gasteiger partial charge on any atom is -0.293 e. The van der Waals surface area contributed by atoms with Gasteiger partial charge in [-0.15, -0.1) is 11.3 Å². The van der Waals surface area contributed by atoms with Crippen LogP contribution in [0.4, 0.5) is 0 Å². The topological polar surface area (TPSA) is 34.1 Å². The Morgan fingerprint density at radius 2 is 2.11 bits per heavy atom. The van der Waals surface area contributed by atoms with Crippen molar-refractivity contribution in [3.8, 4) is 0 Å². The van der Waals surface area contributed by atoms with Crippen molar-refractivity contribution in [2.75, 3.05) is 0 Å². The van der Waals surface area contributed by atoms with Crippen LogP contribution in [0.3, 0.4) is 0 Å². The first kappa shape index (κ1) is 13.5. The van der Waals surface area contributed by atoms with Crippen LogP contribution in [-0.2, 0) is 10.8 Å². The standard InChI is InChI=1S/C13H11ClO2S2/c1-9(18(16)12-6-3-7-17-12)13(15)10-4-2-5-11(14)8-10/h2-9H,1H3. The van der Waals surface area contributed by atoms with E-state index in [9.17, 15) is 9.00 Å². The molecular weight excluding hydrogens is 288 g/mol. The van der Waals surface area contributed by atoms with E-state index in [-0.39, 0.29) is 5.78 Å². The molecule has 0 aliphatic rings. The zero-order valence-electron chi connectivity index (χ0n) is 9.63. The van der Waals surface area contributed by atoms with Crippen LogP contribution in [0.5, 0.6) is 0 Å². The quantitative estimate of drug-likeness (QED) is 0.805. The molecule has 0 aliphatic heterocycles. The van der Waals surface area contributed by atoms with Crippen LogP contribution < -0.4 is 0 Å². The predicted molar refractivity (Wildman–Crippen MR) is 76.0 cm³/mol. The fraction of sp³-hybridized carbons (Fsp3) is 0.154. The van der Waals surface area contributed by atoms with Crippen LogP contribution in [-0.4, -0.2) is 15.2 Å². The van der Waals surface area contributed by atoms with Crippen molar-refractivity contribution in [1.82, 2.24) is 0 Å². The van der Waals surface area contributed by atoms with Crippen molar-refractivity contribution >= 4 is 39.5 Å². The Bertz CT molecular complexity index is 578. The maximum absolute atomic E-state index is 12.2. The summed E-state index contributed by atoms with van der Waals surface area (Å²) < 4.78 is 12.9. The van der Waals surface area contributed by atoms with Gasteiger partial charge in [-0.3, -0.25) is 9.00 Å². The Morgan fingerprint density at radius 1 is 1.33 bits per heavy atom. The predicted octanol–water partition coefficient (Wildman–Crippen LogP) is 3.78. The second-order valence-electron chi connectivity index (χ2n) is 3.75. The Balaban J connectivity index is 2.22. The van der Waals surface area contributed by atoms with E-state index in [2.05, 4.69) is 0 Å². The molecule has 0 saturated heterocycles. The largest absolute Gasteiger partial charge is 0.293 e. The summed E-state index contributed by atoms with van der Waals surface area (Å²) in [6, 6.07) is 10.3. The number of rotatable bonds is 4. The van der Waals surface area contributed by atoms with Gasteiger partial charge >= 0.3 is 0 Å². The van der Waals surface area contributed by atoms with Crippen molar-refractivity contribution in [3.63, 3.8) is 0 Å². The van der Waals surface area contributed by atoms with Crippen molar-refractivity contribution in [2.45, 2.75) is 16.4 Å². The van der Waals surface area contributed by atoms with E-state index in [1.807, 2.05) is 11.4 Å². The fourth-order valence-electron chi connectivity index (χ4n) is 1.53. The highest BCUT2D eigenvalue weighted by Crippen LogP contribution is 2.20. The van der Waals surface area contributed by atoms with Crippen LogP contribution in [0.1, 0.15) is 17.3 Å². The average Bonchev–Trinajstić information content (AvgIpc) is 2.90. The first-order chi connectivity index (χ1) is 8.59. The van der Waals surface area contributed by atoms with Crippen LogP contribution in [0.2, 0.25) is 5.02 Å². The Labute approximate surface area is 117 Å². The molecule has 0 amide bonds. The number of carbonyl (C=O) groups is 1. The Kier molecular flexibility index (Phi) is 4.32. The normalized spacial score (nSPS) is 14.1. The number of thiophene rings is 1. The lowest BCUT2D eigenvalue weighted by Crippen LogP contribution is -2.22. The minimum absolute atomic E-state index is 0.149. The molecule has 0 fully saturated rings. The summed E-state index contributed by atoms with van der Waals surface area (Å²) in [6.07, 6.45) is 0. The molecule has 1 aromatic carbocycles. The molecular formula is C13H11ClO2S2. The number of Topliss-reactive ketones (excluding diaryl/α,β-unsaturated/α-hetero) is 1. The number of hydrogen-bond donors (Lipinski definition) is 0. The Morgan fingerprint density at radius 3 is 2.72 bits per heavy atom. The van der Waals surface area contributed by atoms with Gasteiger partial charge in [-0.25, -0.2) is 0 Å². The van der Waals surface area contributed by atoms with E-state index in [0.717, 1.165) is 4.21 Å². The Hall–Kier alpha value is -0.970. The summed E-state index contributed by atoms with van der Waals surface area (Å²) >= 11 is 7.24. The van der Waals surface area contributed by atoms with Gasteiger partial charge in [-0.05, 0) is 30.5 Å². The molecule has 94 valence electrons. The zero-order chi connectivity index (χ0) is 13.1. The summed E-state index contributed by atoms with van der Waals surface area (Å²) in [6.45, 7) is 1.68. The fourth-order valence-corrected chi connectivity index (χ4v) is 4.04. The van der Waals surface area contributed by atoms with E-state index in [0.29, 0.717) is 10.6 Å². The molecule has 2 unspecified atom stereocenters. The van der Waals surface area contributed by atoms with Gasteiger partial charge in [0.05, 0.1) is 15.0 Å². The van der Waals surface area contributed by atoms with Crippen molar-refractivity contribution in [3.05, 3.63) is 52.4 Å². The third kappa shape index (κ3) is 2.88.